The van der Waals surface area contributed by atoms with Gasteiger partial charge in [-0.25, -0.2) is 0 Å². The number of ketones is 1. The summed E-state index contributed by atoms with van der Waals surface area (Å²) >= 11 is 0. The Morgan fingerprint density at radius 3 is 2.27 bits per heavy atom. The lowest BCUT2D eigenvalue weighted by Gasteiger charge is -2.43. The maximum Gasteiger partial charge on any atom is 0.319 e. The molecule has 0 aromatic heterocycles. The first-order valence-corrected chi connectivity index (χ1v) is 12.9. The quantitative estimate of drug-likeness (QED) is 0.247. The van der Waals surface area contributed by atoms with Crippen molar-refractivity contribution in [1.29, 1.82) is 0 Å². The molecule has 0 radical (unpaired) electrons. The summed E-state index contributed by atoms with van der Waals surface area (Å²) in [6.45, 7) is 0. The van der Waals surface area contributed by atoms with Crippen LogP contribution in [-0.4, -0.2) is 38.4 Å². The molecule has 0 bridgehead atoms. The molecular formula is C31H24O10. The van der Waals surface area contributed by atoms with E-state index in [9.17, 15) is 30.3 Å². The van der Waals surface area contributed by atoms with Gasteiger partial charge in [-0.2, -0.15) is 0 Å². The number of ether oxygens (including phenoxy) is 4. The molecule has 0 amide bonds. The van der Waals surface area contributed by atoms with E-state index >= 15 is 0 Å². The number of aliphatic hydroxyl groups is 1. The third-order valence-corrected chi connectivity index (χ3v) is 7.94. The number of phenols is 4. The number of hydrogen-bond donors (Lipinski definition) is 5. The van der Waals surface area contributed by atoms with E-state index in [0.29, 0.717) is 24.2 Å². The highest BCUT2D eigenvalue weighted by Crippen LogP contribution is 2.64. The van der Waals surface area contributed by atoms with Crippen molar-refractivity contribution in [2.45, 2.75) is 30.3 Å². The number of methoxy groups -OCH3 is 1. The van der Waals surface area contributed by atoms with Gasteiger partial charge >= 0.3 is 5.79 Å². The third-order valence-electron chi connectivity index (χ3n) is 7.94. The molecule has 3 heterocycles. The third kappa shape index (κ3) is 3.31. The number of hydrogen-bond acceptors (Lipinski definition) is 10. The van der Waals surface area contributed by atoms with Crippen molar-refractivity contribution in [2.75, 3.05) is 7.11 Å². The van der Waals surface area contributed by atoms with Crippen molar-refractivity contribution in [3.8, 4) is 46.0 Å². The molecule has 3 aliphatic heterocycles. The number of rotatable bonds is 3. The summed E-state index contributed by atoms with van der Waals surface area (Å²) in [5.74, 6) is -4.02. The SMILES string of the molecule is COc1ccc(C2CCc3c(O)cc4c(c3O2)C2(O)C(=O)c3c(O)cc(O)cc3OC2(c2ccc(O)cc2)O4)cc1. The zero-order chi connectivity index (χ0) is 28.7. The minimum Gasteiger partial charge on any atom is -0.508 e. The van der Waals surface area contributed by atoms with Crippen molar-refractivity contribution in [3.63, 3.8) is 0 Å². The van der Waals surface area contributed by atoms with E-state index in [1.54, 1.807) is 19.2 Å². The molecule has 0 spiro atoms. The van der Waals surface area contributed by atoms with Crippen LogP contribution in [0.3, 0.4) is 0 Å². The smallest absolute Gasteiger partial charge is 0.319 e. The molecule has 4 aromatic carbocycles. The second kappa shape index (κ2) is 8.45. The molecule has 3 aliphatic rings. The number of carbonyl (C=O) groups excluding carboxylic acids is 1. The van der Waals surface area contributed by atoms with Gasteiger partial charge in [0.25, 0.3) is 0 Å². The van der Waals surface area contributed by atoms with E-state index in [1.807, 2.05) is 12.1 Å². The number of aromatic hydroxyl groups is 4. The van der Waals surface area contributed by atoms with Crippen LogP contribution < -0.4 is 18.9 Å². The van der Waals surface area contributed by atoms with Crippen LogP contribution in [0.25, 0.3) is 0 Å². The van der Waals surface area contributed by atoms with Crippen LogP contribution in [0, 0.1) is 0 Å². The monoisotopic (exact) mass is 556 g/mol. The molecule has 0 saturated carbocycles. The van der Waals surface area contributed by atoms with Crippen LogP contribution in [0.1, 0.15) is 45.1 Å². The van der Waals surface area contributed by atoms with Crippen molar-refractivity contribution in [2.24, 2.45) is 0 Å². The number of benzene rings is 4. The summed E-state index contributed by atoms with van der Waals surface area (Å²) in [5.41, 5.74) is -1.72. The van der Waals surface area contributed by atoms with E-state index in [4.69, 9.17) is 18.9 Å². The summed E-state index contributed by atoms with van der Waals surface area (Å²) in [6, 6.07) is 16.2. The minimum absolute atomic E-state index is 0.0638. The zero-order valence-corrected chi connectivity index (χ0v) is 21.6. The predicted molar refractivity (Wildman–Crippen MR) is 142 cm³/mol. The Balaban J connectivity index is 1.46. The van der Waals surface area contributed by atoms with Crippen molar-refractivity contribution in [1.82, 2.24) is 0 Å². The van der Waals surface area contributed by atoms with Gasteiger partial charge in [0.1, 0.15) is 57.7 Å². The number of phenolic OH excluding ortho intramolecular Hbond substituents is 4. The molecule has 10 nitrogen and oxygen atoms in total. The van der Waals surface area contributed by atoms with E-state index in [-0.39, 0.29) is 51.2 Å². The van der Waals surface area contributed by atoms with Gasteiger partial charge < -0.3 is 44.5 Å². The highest BCUT2D eigenvalue weighted by molar-refractivity contribution is 6.10. The Morgan fingerprint density at radius 2 is 1.56 bits per heavy atom. The second-order valence-corrected chi connectivity index (χ2v) is 10.2. The minimum atomic E-state index is -2.62. The lowest BCUT2D eigenvalue weighted by molar-refractivity contribution is -0.218. The summed E-state index contributed by atoms with van der Waals surface area (Å²) in [6.07, 6.45) is 0.364. The largest absolute Gasteiger partial charge is 0.508 e. The van der Waals surface area contributed by atoms with Crippen molar-refractivity contribution in [3.05, 3.63) is 94.5 Å². The van der Waals surface area contributed by atoms with Gasteiger partial charge in [0.05, 0.1) is 12.7 Å². The van der Waals surface area contributed by atoms with Gasteiger partial charge in [-0.3, -0.25) is 4.79 Å². The summed E-state index contributed by atoms with van der Waals surface area (Å²) < 4.78 is 24.1. The molecule has 41 heavy (non-hydrogen) atoms. The van der Waals surface area contributed by atoms with Gasteiger partial charge in [0.2, 0.25) is 11.4 Å². The van der Waals surface area contributed by atoms with Gasteiger partial charge in [0.15, 0.2) is 0 Å². The fourth-order valence-electron chi connectivity index (χ4n) is 5.98. The first-order chi connectivity index (χ1) is 19.7. The molecule has 3 unspecified atom stereocenters. The second-order valence-electron chi connectivity index (χ2n) is 10.2. The fraction of sp³-hybridized carbons (Fsp3) is 0.194. The average Bonchev–Trinajstić information content (AvgIpc) is 3.22. The van der Waals surface area contributed by atoms with Gasteiger partial charge in [-0.05, 0) is 54.8 Å². The first kappa shape index (κ1) is 24.9. The maximum atomic E-state index is 14.3. The van der Waals surface area contributed by atoms with E-state index in [2.05, 4.69) is 0 Å². The van der Waals surface area contributed by atoms with E-state index < -0.39 is 29.0 Å². The van der Waals surface area contributed by atoms with E-state index in [1.165, 1.54) is 30.3 Å². The van der Waals surface area contributed by atoms with Crippen molar-refractivity contribution >= 4 is 5.78 Å². The molecule has 3 atom stereocenters. The Kier molecular flexibility index (Phi) is 5.14. The van der Waals surface area contributed by atoms with Crippen LogP contribution in [0.15, 0.2) is 66.7 Å². The molecule has 0 aliphatic carbocycles. The highest BCUT2D eigenvalue weighted by atomic mass is 16.7. The first-order valence-electron chi connectivity index (χ1n) is 12.9. The molecule has 0 fully saturated rings. The molecule has 0 saturated heterocycles. The van der Waals surface area contributed by atoms with Gasteiger partial charge in [-0.1, -0.05) is 12.1 Å². The molecule has 4 aromatic rings. The average molecular weight is 557 g/mol. The lowest BCUT2D eigenvalue weighted by atomic mass is 9.74. The Morgan fingerprint density at radius 1 is 0.854 bits per heavy atom. The van der Waals surface area contributed by atoms with Crippen LogP contribution in [0.2, 0.25) is 0 Å². The molecule has 208 valence electrons. The van der Waals surface area contributed by atoms with Crippen LogP contribution in [0.4, 0.5) is 0 Å². The lowest BCUT2D eigenvalue weighted by Crippen LogP contribution is -2.60. The van der Waals surface area contributed by atoms with Crippen LogP contribution >= 0.6 is 0 Å². The maximum absolute atomic E-state index is 14.3. The Hall–Kier alpha value is -5.09. The molecule has 7 rings (SSSR count). The number of carbonyl (C=O) groups is 1. The van der Waals surface area contributed by atoms with Crippen LogP contribution in [-0.2, 0) is 17.8 Å². The Bertz CT molecular complexity index is 1730. The normalized spacial score (nSPS) is 23.7. The predicted octanol–water partition coefficient (Wildman–Crippen LogP) is 4.29. The molecular weight excluding hydrogens is 532 g/mol. The Labute approximate surface area is 233 Å². The molecule has 10 heteroatoms. The highest BCUT2D eigenvalue weighted by Gasteiger charge is 2.72. The molecule has 5 N–H and O–H groups in total. The standard InChI is InChI=1S/C31H24O10/c1-38-19-8-2-15(3-9-19)23-11-10-20-21(34)14-25-27(28(20)39-23)30(37)29(36)26-22(35)12-18(33)13-24(26)40-31(30,41-25)16-4-6-17(32)7-5-16/h2-9,12-14,23,32-35,37H,10-11H2,1H3. The summed E-state index contributed by atoms with van der Waals surface area (Å²) in [7, 11) is 1.57. The topological polar surface area (TPSA) is 155 Å². The van der Waals surface area contributed by atoms with Crippen LogP contribution in [0.5, 0.6) is 46.0 Å². The summed E-state index contributed by atoms with van der Waals surface area (Å²) in [5, 5.41) is 54.3. The van der Waals surface area contributed by atoms with Gasteiger partial charge in [0, 0.05) is 29.3 Å². The fourth-order valence-corrected chi connectivity index (χ4v) is 5.98. The zero-order valence-electron chi connectivity index (χ0n) is 21.6. The van der Waals surface area contributed by atoms with E-state index in [0.717, 1.165) is 17.7 Å². The van der Waals surface area contributed by atoms with Gasteiger partial charge in [-0.15, -0.1) is 0 Å². The number of Topliss-reactive ketones (excluding diaryl/α,β-unsaturated/α-hetero) is 1. The van der Waals surface area contributed by atoms with Crippen molar-refractivity contribution < 1.29 is 49.3 Å². The number of fused-ring (bicyclic) bond motifs is 6. The summed E-state index contributed by atoms with van der Waals surface area (Å²) in [4.78, 5) is 14.3.